The Morgan fingerprint density at radius 3 is 2.46 bits per heavy atom. The summed E-state index contributed by atoms with van der Waals surface area (Å²) >= 11 is 3.31. The summed E-state index contributed by atoms with van der Waals surface area (Å²) in [6, 6.07) is 14.5. The van der Waals surface area contributed by atoms with Crippen LogP contribution < -0.4 is 14.4 Å². The van der Waals surface area contributed by atoms with Crippen molar-refractivity contribution in [1.29, 1.82) is 0 Å². The zero-order valence-corrected chi connectivity index (χ0v) is 16.3. The van der Waals surface area contributed by atoms with Crippen molar-refractivity contribution in [2.75, 3.05) is 25.6 Å². The Labute approximate surface area is 151 Å². The van der Waals surface area contributed by atoms with Gasteiger partial charge in [-0.3, -0.25) is 0 Å². The number of likely N-dealkylation sites (N-methyl/N-ethyl adjacent to an activating group) is 1. The number of ether oxygens (including phenoxy) is 1. The summed E-state index contributed by atoms with van der Waals surface area (Å²) in [5.41, 5.74) is 1.04. The van der Waals surface area contributed by atoms with E-state index in [0.717, 1.165) is 5.69 Å². The van der Waals surface area contributed by atoms with Crippen molar-refractivity contribution in [3.05, 3.63) is 53.0 Å². The van der Waals surface area contributed by atoms with Gasteiger partial charge in [-0.2, -0.15) is 0 Å². The lowest BCUT2D eigenvalue weighted by molar-refractivity contribution is 0.411. The topological polar surface area (TPSA) is 58.6 Å². The molecule has 7 heteroatoms. The van der Waals surface area contributed by atoms with Crippen LogP contribution in [-0.4, -0.2) is 35.2 Å². The first kappa shape index (κ1) is 18.8. The number of halogens is 1. The van der Waals surface area contributed by atoms with Crippen LogP contribution in [0.3, 0.4) is 0 Å². The third kappa shape index (κ3) is 4.49. The van der Waals surface area contributed by atoms with Crippen LogP contribution in [0.15, 0.2) is 57.9 Å². The van der Waals surface area contributed by atoms with Gasteiger partial charge in [0, 0.05) is 25.3 Å². The van der Waals surface area contributed by atoms with Gasteiger partial charge in [-0.15, -0.1) is 0 Å². The monoisotopic (exact) mass is 412 g/mol. The van der Waals surface area contributed by atoms with Gasteiger partial charge in [-0.1, -0.05) is 18.2 Å². The molecule has 0 fully saturated rings. The van der Waals surface area contributed by atoms with Gasteiger partial charge in [0.25, 0.3) is 0 Å². The zero-order chi connectivity index (χ0) is 17.7. The molecular weight excluding hydrogens is 392 g/mol. The fraction of sp³-hybridized carbons (Fsp3) is 0.294. The molecule has 0 saturated heterocycles. The SMILES string of the molecule is COc1ccc(S(=O)(=O)NCC(C)N(C)c2ccccc2)cc1Br. The van der Waals surface area contributed by atoms with E-state index in [2.05, 4.69) is 20.7 Å². The molecule has 0 aliphatic rings. The van der Waals surface area contributed by atoms with Crippen molar-refractivity contribution in [3.8, 4) is 5.75 Å². The van der Waals surface area contributed by atoms with Crippen molar-refractivity contribution in [1.82, 2.24) is 4.72 Å². The minimum Gasteiger partial charge on any atom is -0.496 e. The van der Waals surface area contributed by atoms with E-state index in [1.807, 2.05) is 49.2 Å². The molecule has 0 aliphatic heterocycles. The molecule has 1 unspecified atom stereocenters. The second-order valence-corrected chi connectivity index (χ2v) is 8.07. The van der Waals surface area contributed by atoms with Gasteiger partial charge in [0.1, 0.15) is 5.75 Å². The number of rotatable bonds is 7. The lowest BCUT2D eigenvalue weighted by Gasteiger charge is -2.27. The van der Waals surface area contributed by atoms with Crippen LogP contribution in [0.25, 0.3) is 0 Å². The van der Waals surface area contributed by atoms with E-state index in [1.54, 1.807) is 6.07 Å². The van der Waals surface area contributed by atoms with E-state index in [4.69, 9.17) is 4.74 Å². The van der Waals surface area contributed by atoms with Gasteiger partial charge in [-0.25, -0.2) is 13.1 Å². The number of para-hydroxylation sites is 1. The van der Waals surface area contributed by atoms with Gasteiger partial charge >= 0.3 is 0 Å². The molecule has 0 amide bonds. The van der Waals surface area contributed by atoms with E-state index in [1.165, 1.54) is 19.2 Å². The summed E-state index contributed by atoms with van der Waals surface area (Å²) in [4.78, 5) is 2.23. The molecule has 5 nitrogen and oxygen atoms in total. The molecule has 0 bridgehead atoms. The van der Waals surface area contributed by atoms with Crippen LogP contribution in [0.1, 0.15) is 6.92 Å². The molecule has 2 aromatic rings. The van der Waals surface area contributed by atoms with Crippen molar-refractivity contribution >= 4 is 31.6 Å². The van der Waals surface area contributed by atoms with Gasteiger partial charge in [0.2, 0.25) is 10.0 Å². The quantitative estimate of drug-likeness (QED) is 0.757. The molecular formula is C17H21BrN2O3S. The van der Waals surface area contributed by atoms with Crippen LogP contribution in [0.2, 0.25) is 0 Å². The standard InChI is InChI=1S/C17H21BrN2O3S/c1-13(20(2)14-7-5-4-6-8-14)12-19-24(21,22)15-9-10-17(23-3)16(18)11-15/h4-11,13,19H,12H2,1-3H3. The van der Waals surface area contributed by atoms with Crippen molar-refractivity contribution in [3.63, 3.8) is 0 Å². The number of methoxy groups -OCH3 is 1. The summed E-state index contributed by atoms with van der Waals surface area (Å²) < 4.78 is 33.3. The minimum atomic E-state index is -3.58. The van der Waals surface area contributed by atoms with Crippen LogP contribution in [0.5, 0.6) is 5.75 Å². The van der Waals surface area contributed by atoms with Gasteiger partial charge in [0.05, 0.1) is 16.5 Å². The summed E-state index contributed by atoms with van der Waals surface area (Å²) in [5.74, 6) is 0.589. The Hall–Kier alpha value is -1.57. The first-order valence-corrected chi connectivity index (χ1v) is 9.74. The van der Waals surface area contributed by atoms with E-state index in [-0.39, 0.29) is 10.9 Å². The number of anilines is 1. The highest BCUT2D eigenvalue weighted by Gasteiger charge is 2.18. The third-order valence-corrected chi connectivity index (χ3v) is 5.87. The Balaban J connectivity index is 2.06. The largest absolute Gasteiger partial charge is 0.496 e. The van der Waals surface area contributed by atoms with E-state index in [9.17, 15) is 8.42 Å². The molecule has 2 rings (SSSR count). The van der Waals surface area contributed by atoms with E-state index in [0.29, 0.717) is 16.8 Å². The average Bonchev–Trinajstić information content (AvgIpc) is 2.59. The number of nitrogens with one attached hydrogen (secondary N) is 1. The highest BCUT2D eigenvalue weighted by atomic mass is 79.9. The van der Waals surface area contributed by atoms with Crippen LogP contribution >= 0.6 is 15.9 Å². The summed E-state index contributed by atoms with van der Waals surface area (Å²) in [5, 5.41) is 0. The van der Waals surface area contributed by atoms with Crippen LogP contribution in [0, 0.1) is 0 Å². The van der Waals surface area contributed by atoms with Crippen LogP contribution in [0.4, 0.5) is 5.69 Å². The molecule has 2 aromatic carbocycles. The molecule has 0 radical (unpaired) electrons. The summed E-state index contributed by atoms with van der Waals surface area (Å²) in [6.45, 7) is 2.27. The highest BCUT2D eigenvalue weighted by Crippen LogP contribution is 2.27. The molecule has 0 aromatic heterocycles. The van der Waals surface area contributed by atoms with Crippen molar-refractivity contribution < 1.29 is 13.2 Å². The second kappa shape index (κ2) is 8.00. The summed E-state index contributed by atoms with van der Waals surface area (Å²) in [6.07, 6.45) is 0. The van der Waals surface area contributed by atoms with Crippen molar-refractivity contribution in [2.45, 2.75) is 17.9 Å². The van der Waals surface area contributed by atoms with Gasteiger partial charge in [-0.05, 0) is 53.2 Å². The molecule has 0 aliphatic carbocycles. The number of hydrogen-bond acceptors (Lipinski definition) is 4. The van der Waals surface area contributed by atoms with E-state index >= 15 is 0 Å². The highest BCUT2D eigenvalue weighted by molar-refractivity contribution is 9.10. The molecule has 0 saturated carbocycles. The fourth-order valence-corrected chi connectivity index (χ4v) is 4.02. The average molecular weight is 413 g/mol. The number of sulfonamides is 1. The predicted octanol–water partition coefficient (Wildman–Crippen LogP) is 3.26. The maximum Gasteiger partial charge on any atom is 0.240 e. The number of benzene rings is 2. The predicted molar refractivity (Wildman–Crippen MR) is 100 cm³/mol. The molecule has 0 spiro atoms. The molecule has 1 N–H and O–H groups in total. The Kier molecular flexibility index (Phi) is 6.26. The summed E-state index contributed by atoms with van der Waals surface area (Å²) in [7, 11) is -0.103. The minimum absolute atomic E-state index is 0.00358. The van der Waals surface area contributed by atoms with Gasteiger partial charge < -0.3 is 9.64 Å². The zero-order valence-electron chi connectivity index (χ0n) is 13.9. The van der Waals surface area contributed by atoms with E-state index < -0.39 is 10.0 Å². The van der Waals surface area contributed by atoms with Crippen LogP contribution in [-0.2, 0) is 10.0 Å². The maximum absolute atomic E-state index is 12.5. The van der Waals surface area contributed by atoms with Gasteiger partial charge in [0.15, 0.2) is 0 Å². The molecule has 24 heavy (non-hydrogen) atoms. The first-order chi connectivity index (χ1) is 11.3. The lowest BCUT2D eigenvalue weighted by Crippen LogP contribution is -2.40. The molecule has 0 heterocycles. The Morgan fingerprint density at radius 2 is 1.88 bits per heavy atom. The Bertz CT molecular complexity index is 782. The smallest absolute Gasteiger partial charge is 0.240 e. The number of hydrogen-bond donors (Lipinski definition) is 1. The normalized spacial score (nSPS) is 12.7. The first-order valence-electron chi connectivity index (χ1n) is 7.46. The molecule has 1 atom stereocenters. The third-order valence-electron chi connectivity index (χ3n) is 3.83. The second-order valence-electron chi connectivity index (χ2n) is 5.44. The molecule has 130 valence electrons. The fourth-order valence-electron chi connectivity index (χ4n) is 2.18. The Morgan fingerprint density at radius 1 is 1.21 bits per heavy atom. The lowest BCUT2D eigenvalue weighted by atomic mass is 10.2. The maximum atomic E-state index is 12.5. The number of nitrogens with zero attached hydrogens (tertiary/aromatic N) is 1. The van der Waals surface area contributed by atoms with Crippen molar-refractivity contribution in [2.24, 2.45) is 0 Å².